The molecule has 0 saturated heterocycles. The van der Waals surface area contributed by atoms with E-state index in [9.17, 15) is 0 Å². The van der Waals surface area contributed by atoms with Gasteiger partial charge in [-0.15, -0.1) is 0 Å². The van der Waals surface area contributed by atoms with Crippen molar-refractivity contribution in [1.82, 2.24) is 10.1 Å². The molecule has 1 atom stereocenters. The average molecular weight is 243 g/mol. The van der Waals surface area contributed by atoms with Crippen LogP contribution in [0.2, 0.25) is 0 Å². The molecule has 1 aliphatic rings. The van der Waals surface area contributed by atoms with Crippen LogP contribution in [0.25, 0.3) is 0 Å². The van der Waals surface area contributed by atoms with Gasteiger partial charge in [0.1, 0.15) is 0 Å². The van der Waals surface area contributed by atoms with E-state index in [4.69, 9.17) is 4.52 Å². The molecule has 0 radical (unpaired) electrons. The summed E-state index contributed by atoms with van der Waals surface area (Å²) in [5, 5.41) is 7.23. The predicted octanol–water partition coefficient (Wildman–Crippen LogP) is 2.97. The third-order valence-electron chi connectivity index (χ3n) is 3.30. The quantitative estimate of drug-likeness (QED) is 0.900. The number of benzene rings is 1. The minimum Gasteiger partial charge on any atom is -0.336 e. The summed E-state index contributed by atoms with van der Waals surface area (Å²) in [5.41, 5.74) is 2.75. The number of nitrogens with zero attached hydrogens (tertiary/aromatic N) is 2. The molecule has 1 heterocycles. The summed E-state index contributed by atoms with van der Waals surface area (Å²) in [6, 6.07) is 9.33. The van der Waals surface area contributed by atoms with Crippen LogP contribution in [-0.4, -0.2) is 16.2 Å². The second kappa shape index (κ2) is 4.44. The first-order valence-electron chi connectivity index (χ1n) is 6.42. The summed E-state index contributed by atoms with van der Waals surface area (Å²) in [5.74, 6) is 1.08. The fourth-order valence-corrected chi connectivity index (χ4v) is 2.51. The van der Waals surface area contributed by atoms with E-state index < -0.39 is 0 Å². The Hall–Kier alpha value is -1.84. The lowest BCUT2D eigenvalue weighted by Gasteiger charge is -2.05. The number of nitrogens with one attached hydrogen (secondary N) is 1. The molecule has 0 spiro atoms. The highest BCUT2D eigenvalue weighted by atomic mass is 16.5. The van der Waals surface area contributed by atoms with Gasteiger partial charge >= 0.3 is 6.01 Å². The average Bonchev–Trinajstić information content (AvgIpc) is 2.94. The lowest BCUT2D eigenvalue weighted by Crippen LogP contribution is -2.10. The van der Waals surface area contributed by atoms with E-state index in [1.807, 2.05) is 0 Å². The number of aryl methyl sites for hydroxylation is 1. The molecule has 1 aliphatic carbocycles. The van der Waals surface area contributed by atoms with E-state index in [1.165, 1.54) is 11.1 Å². The third-order valence-corrected chi connectivity index (χ3v) is 3.30. The van der Waals surface area contributed by atoms with Crippen molar-refractivity contribution in [3.05, 3.63) is 41.2 Å². The van der Waals surface area contributed by atoms with Gasteiger partial charge in [-0.2, -0.15) is 4.98 Å². The van der Waals surface area contributed by atoms with E-state index in [0.29, 0.717) is 12.1 Å². The smallest absolute Gasteiger partial charge is 0.321 e. The molecular formula is C14H17N3O. The Kier molecular flexibility index (Phi) is 2.78. The highest BCUT2D eigenvalue weighted by Crippen LogP contribution is 2.36. The highest BCUT2D eigenvalue weighted by Gasteiger charge is 2.27. The molecule has 3 rings (SSSR count). The van der Waals surface area contributed by atoms with Gasteiger partial charge in [0, 0.05) is 12.0 Å². The molecule has 0 fully saturated rings. The van der Waals surface area contributed by atoms with Crippen LogP contribution in [0.5, 0.6) is 0 Å². The maximum absolute atomic E-state index is 5.23. The Balaban J connectivity index is 1.86. The van der Waals surface area contributed by atoms with Crippen molar-refractivity contribution in [2.75, 3.05) is 5.32 Å². The van der Waals surface area contributed by atoms with E-state index in [2.05, 4.69) is 53.6 Å². The van der Waals surface area contributed by atoms with Crippen LogP contribution in [0.1, 0.15) is 43.1 Å². The van der Waals surface area contributed by atoms with Crippen molar-refractivity contribution in [2.45, 2.75) is 38.6 Å². The van der Waals surface area contributed by atoms with Crippen LogP contribution in [0.15, 0.2) is 28.8 Å². The second-order valence-corrected chi connectivity index (χ2v) is 5.05. The number of fused-ring (bicyclic) bond motifs is 1. The van der Waals surface area contributed by atoms with Gasteiger partial charge in [-0.1, -0.05) is 29.4 Å². The molecule has 94 valence electrons. The third kappa shape index (κ3) is 1.98. The number of aromatic nitrogens is 2. The highest BCUT2D eigenvalue weighted by molar-refractivity contribution is 5.39. The lowest BCUT2D eigenvalue weighted by atomic mass is 10.0. The maximum Gasteiger partial charge on any atom is 0.321 e. The van der Waals surface area contributed by atoms with E-state index in [-0.39, 0.29) is 5.92 Å². The summed E-state index contributed by atoms with van der Waals surface area (Å²) >= 11 is 0. The van der Waals surface area contributed by atoms with Gasteiger partial charge in [-0.25, -0.2) is 0 Å². The molecule has 0 saturated carbocycles. The molecule has 2 aromatic rings. The van der Waals surface area contributed by atoms with Crippen LogP contribution in [0, 0.1) is 0 Å². The molecule has 4 nitrogen and oxygen atoms in total. The molecule has 1 N–H and O–H groups in total. The maximum atomic E-state index is 5.23. The molecule has 1 unspecified atom stereocenters. The SMILES string of the molecule is CC(C)Nc1nc(C2CCc3ccccc32)no1. The molecular weight excluding hydrogens is 226 g/mol. The van der Waals surface area contributed by atoms with Gasteiger partial charge in [0.25, 0.3) is 0 Å². The predicted molar refractivity (Wildman–Crippen MR) is 69.7 cm³/mol. The first-order valence-corrected chi connectivity index (χ1v) is 6.42. The second-order valence-electron chi connectivity index (χ2n) is 5.05. The van der Waals surface area contributed by atoms with E-state index in [0.717, 1.165) is 18.7 Å². The molecule has 1 aromatic heterocycles. The number of hydrogen-bond acceptors (Lipinski definition) is 4. The monoisotopic (exact) mass is 243 g/mol. The van der Waals surface area contributed by atoms with Crippen molar-refractivity contribution in [1.29, 1.82) is 0 Å². The van der Waals surface area contributed by atoms with Crippen molar-refractivity contribution in [3.8, 4) is 0 Å². The standard InChI is InChI=1S/C14H17N3O/c1-9(2)15-14-16-13(17-18-14)12-8-7-10-5-3-4-6-11(10)12/h3-6,9,12H,7-8H2,1-2H3,(H,15,16,17). The largest absolute Gasteiger partial charge is 0.336 e. The van der Waals surface area contributed by atoms with Gasteiger partial charge in [0.15, 0.2) is 5.82 Å². The van der Waals surface area contributed by atoms with Crippen LogP contribution >= 0.6 is 0 Å². The zero-order valence-corrected chi connectivity index (χ0v) is 10.7. The minimum absolute atomic E-state index is 0.285. The van der Waals surface area contributed by atoms with E-state index >= 15 is 0 Å². The van der Waals surface area contributed by atoms with Crippen molar-refractivity contribution >= 4 is 6.01 Å². The summed E-state index contributed by atoms with van der Waals surface area (Å²) in [6.07, 6.45) is 2.17. The first kappa shape index (κ1) is 11.3. The van der Waals surface area contributed by atoms with Crippen LogP contribution in [-0.2, 0) is 6.42 Å². The molecule has 0 bridgehead atoms. The summed E-state index contributed by atoms with van der Waals surface area (Å²) in [6.45, 7) is 4.10. The zero-order valence-electron chi connectivity index (χ0n) is 10.7. The molecule has 18 heavy (non-hydrogen) atoms. The fourth-order valence-electron chi connectivity index (χ4n) is 2.51. The Morgan fingerprint density at radius 2 is 2.17 bits per heavy atom. The molecule has 4 heteroatoms. The number of rotatable bonds is 3. The Bertz CT molecular complexity index is 547. The fraction of sp³-hybridized carbons (Fsp3) is 0.429. The van der Waals surface area contributed by atoms with Crippen LogP contribution in [0.3, 0.4) is 0 Å². The molecule has 1 aromatic carbocycles. The Morgan fingerprint density at radius 3 is 3.00 bits per heavy atom. The van der Waals surface area contributed by atoms with Gasteiger partial charge in [-0.05, 0) is 37.8 Å². The first-order chi connectivity index (χ1) is 8.74. The van der Waals surface area contributed by atoms with E-state index in [1.54, 1.807) is 0 Å². The summed E-state index contributed by atoms with van der Waals surface area (Å²) in [7, 11) is 0. The number of hydrogen-bond donors (Lipinski definition) is 1. The van der Waals surface area contributed by atoms with Gasteiger partial charge in [-0.3, -0.25) is 0 Å². The van der Waals surface area contributed by atoms with Crippen molar-refractivity contribution < 1.29 is 4.52 Å². The normalized spacial score (nSPS) is 18.1. The van der Waals surface area contributed by atoms with Crippen molar-refractivity contribution in [3.63, 3.8) is 0 Å². The lowest BCUT2D eigenvalue weighted by molar-refractivity contribution is 0.417. The Labute approximate surface area is 106 Å². The van der Waals surface area contributed by atoms with Gasteiger partial charge in [0.05, 0.1) is 0 Å². The zero-order chi connectivity index (χ0) is 12.5. The van der Waals surface area contributed by atoms with Crippen LogP contribution < -0.4 is 5.32 Å². The summed E-state index contributed by atoms with van der Waals surface area (Å²) < 4.78 is 5.23. The van der Waals surface area contributed by atoms with Gasteiger partial charge in [0.2, 0.25) is 0 Å². The summed E-state index contributed by atoms with van der Waals surface area (Å²) in [4.78, 5) is 4.44. The Morgan fingerprint density at radius 1 is 1.33 bits per heavy atom. The number of anilines is 1. The molecule has 0 amide bonds. The topological polar surface area (TPSA) is 51.0 Å². The van der Waals surface area contributed by atoms with Crippen LogP contribution in [0.4, 0.5) is 6.01 Å². The minimum atomic E-state index is 0.285. The van der Waals surface area contributed by atoms with Crippen molar-refractivity contribution in [2.24, 2.45) is 0 Å². The molecule has 0 aliphatic heterocycles. The van der Waals surface area contributed by atoms with Gasteiger partial charge < -0.3 is 9.84 Å².